The summed E-state index contributed by atoms with van der Waals surface area (Å²) in [6, 6.07) is 0.0770. The first-order valence-corrected chi connectivity index (χ1v) is 8.87. The van der Waals surface area contributed by atoms with E-state index in [4.69, 9.17) is 4.52 Å². The lowest BCUT2D eigenvalue weighted by molar-refractivity contribution is -0.139. The fourth-order valence-corrected chi connectivity index (χ4v) is 3.69. The van der Waals surface area contributed by atoms with Gasteiger partial charge in [0, 0.05) is 19.6 Å². The average Bonchev–Trinajstić information content (AvgIpc) is 3.01. The minimum absolute atomic E-state index is 0.0770. The van der Waals surface area contributed by atoms with E-state index in [9.17, 15) is 4.79 Å². The van der Waals surface area contributed by atoms with Crippen LogP contribution in [0, 0.1) is 18.8 Å². The van der Waals surface area contributed by atoms with Crippen molar-refractivity contribution in [3.63, 3.8) is 0 Å². The lowest BCUT2D eigenvalue weighted by Gasteiger charge is -2.38. The van der Waals surface area contributed by atoms with E-state index in [-0.39, 0.29) is 12.0 Å². The van der Waals surface area contributed by atoms with E-state index in [1.54, 1.807) is 0 Å². The van der Waals surface area contributed by atoms with Crippen LogP contribution in [0.5, 0.6) is 0 Å². The molecule has 0 aromatic carbocycles. The van der Waals surface area contributed by atoms with E-state index in [0.29, 0.717) is 17.6 Å². The minimum Gasteiger partial charge on any atom is -0.342 e. The van der Waals surface area contributed by atoms with Gasteiger partial charge in [0.05, 0.1) is 12.0 Å². The summed E-state index contributed by atoms with van der Waals surface area (Å²) >= 11 is 0. The summed E-state index contributed by atoms with van der Waals surface area (Å²) in [6.45, 7) is 9.83. The van der Waals surface area contributed by atoms with Gasteiger partial charge in [-0.1, -0.05) is 12.1 Å². The summed E-state index contributed by atoms with van der Waals surface area (Å²) in [5, 5.41) is 3.88. The largest absolute Gasteiger partial charge is 0.342 e. The van der Waals surface area contributed by atoms with Crippen LogP contribution in [0.2, 0.25) is 0 Å². The molecule has 0 aliphatic carbocycles. The molecular formula is C17H28N4O2. The molecule has 2 fully saturated rings. The normalized spacial score (nSPS) is 25.5. The molecule has 2 atom stereocenters. The van der Waals surface area contributed by atoms with Gasteiger partial charge in [-0.2, -0.15) is 4.98 Å². The zero-order valence-electron chi connectivity index (χ0n) is 14.5. The number of carbonyl (C=O) groups excluding carboxylic acids is 1. The maximum atomic E-state index is 12.8. The first kappa shape index (κ1) is 16.4. The second kappa shape index (κ2) is 6.99. The molecule has 1 aromatic heterocycles. The molecule has 128 valence electrons. The number of rotatable bonds is 3. The van der Waals surface area contributed by atoms with Crippen LogP contribution in [0.15, 0.2) is 4.52 Å². The predicted octanol–water partition coefficient (Wildman–Crippen LogP) is 2.41. The maximum absolute atomic E-state index is 12.8. The molecule has 0 saturated carbocycles. The molecule has 0 bridgehead atoms. The number of carbonyl (C=O) groups is 1. The molecule has 0 N–H and O–H groups in total. The van der Waals surface area contributed by atoms with E-state index in [1.807, 2.05) is 6.92 Å². The highest BCUT2D eigenvalue weighted by atomic mass is 16.5. The third kappa shape index (κ3) is 3.74. The van der Waals surface area contributed by atoms with Gasteiger partial charge in [0.15, 0.2) is 5.82 Å². The Balaban J connectivity index is 1.60. The third-order valence-electron chi connectivity index (χ3n) is 5.35. The molecule has 3 rings (SSSR count). The number of hydrogen-bond donors (Lipinski definition) is 0. The van der Waals surface area contributed by atoms with E-state index in [1.165, 1.54) is 0 Å². The summed E-state index contributed by atoms with van der Waals surface area (Å²) < 4.78 is 5.31. The quantitative estimate of drug-likeness (QED) is 0.856. The van der Waals surface area contributed by atoms with Gasteiger partial charge in [-0.25, -0.2) is 0 Å². The van der Waals surface area contributed by atoms with Gasteiger partial charge in [-0.3, -0.25) is 9.69 Å². The van der Waals surface area contributed by atoms with Crippen LogP contribution in [0.3, 0.4) is 0 Å². The Morgan fingerprint density at radius 3 is 2.65 bits per heavy atom. The van der Waals surface area contributed by atoms with Crippen molar-refractivity contribution in [2.75, 3.05) is 26.2 Å². The van der Waals surface area contributed by atoms with Crippen molar-refractivity contribution in [2.45, 2.75) is 52.5 Å². The van der Waals surface area contributed by atoms with Crippen LogP contribution in [-0.4, -0.2) is 52.0 Å². The molecule has 1 amide bonds. The van der Waals surface area contributed by atoms with Crippen molar-refractivity contribution in [1.29, 1.82) is 0 Å². The Hall–Kier alpha value is -1.43. The molecular weight excluding hydrogens is 292 g/mol. The van der Waals surface area contributed by atoms with Gasteiger partial charge in [0.1, 0.15) is 0 Å². The van der Waals surface area contributed by atoms with Crippen LogP contribution in [-0.2, 0) is 4.79 Å². The standard InChI is InChI=1S/C17H28N4O2/c1-12-6-9-20(10-7-12)17(22)15-5-4-8-21(11-15)13(2)16-18-14(3)19-23-16/h12-13,15H,4-11H2,1-3H3/t13-,15-/m1/s1. The number of likely N-dealkylation sites (tertiary alicyclic amines) is 2. The number of aryl methyl sites for hydroxylation is 1. The Morgan fingerprint density at radius 2 is 2.00 bits per heavy atom. The first-order valence-electron chi connectivity index (χ1n) is 8.87. The predicted molar refractivity (Wildman–Crippen MR) is 86.7 cm³/mol. The molecule has 0 spiro atoms. The molecule has 2 aliphatic heterocycles. The lowest BCUT2D eigenvalue weighted by Crippen LogP contribution is -2.47. The third-order valence-corrected chi connectivity index (χ3v) is 5.35. The fourth-order valence-electron chi connectivity index (χ4n) is 3.69. The second-order valence-corrected chi connectivity index (χ2v) is 7.20. The van der Waals surface area contributed by atoms with Crippen LogP contribution in [0.1, 0.15) is 57.3 Å². The zero-order valence-corrected chi connectivity index (χ0v) is 14.5. The second-order valence-electron chi connectivity index (χ2n) is 7.20. The van der Waals surface area contributed by atoms with Gasteiger partial charge < -0.3 is 9.42 Å². The van der Waals surface area contributed by atoms with E-state index in [0.717, 1.165) is 57.8 Å². The topological polar surface area (TPSA) is 62.5 Å². The molecule has 2 aliphatic rings. The van der Waals surface area contributed by atoms with Crippen LogP contribution in [0.4, 0.5) is 0 Å². The Bertz CT molecular complexity index is 536. The van der Waals surface area contributed by atoms with Crippen LogP contribution < -0.4 is 0 Å². The Labute approximate surface area is 138 Å². The van der Waals surface area contributed by atoms with Gasteiger partial charge in [-0.05, 0) is 52.0 Å². The van der Waals surface area contributed by atoms with Gasteiger partial charge in [-0.15, -0.1) is 0 Å². The smallest absolute Gasteiger partial charge is 0.243 e. The zero-order chi connectivity index (χ0) is 16.4. The summed E-state index contributed by atoms with van der Waals surface area (Å²) in [6.07, 6.45) is 4.33. The average molecular weight is 320 g/mol. The van der Waals surface area contributed by atoms with E-state index in [2.05, 4.69) is 33.8 Å². The lowest BCUT2D eigenvalue weighted by atomic mass is 9.93. The van der Waals surface area contributed by atoms with Crippen LogP contribution >= 0.6 is 0 Å². The fraction of sp³-hybridized carbons (Fsp3) is 0.824. The molecule has 0 radical (unpaired) electrons. The molecule has 6 heteroatoms. The summed E-state index contributed by atoms with van der Waals surface area (Å²) in [7, 11) is 0. The number of nitrogens with zero attached hydrogens (tertiary/aromatic N) is 4. The Morgan fingerprint density at radius 1 is 1.26 bits per heavy atom. The molecule has 2 saturated heterocycles. The van der Waals surface area contributed by atoms with Crippen molar-refractivity contribution in [3.8, 4) is 0 Å². The number of aromatic nitrogens is 2. The first-order chi connectivity index (χ1) is 11.0. The van der Waals surface area contributed by atoms with Gasteiger partial charge in [0.25, 0.3) is 0 Å². The van der Waals surface area contributed by atoms with Crippen molar-refractivity contribution < 1.29 is 9.32 Å². The van der Waals surface area contributed by atoms with Gasteiger partial charge in [0.2, 0.25) is 11.8 Å². The van der Waals surface area contributed by atoms with Crippen molar-refractivity contribution in [3.05, 3.63) is 11.7 Å². The van der Waals surface area contributed by atoms with E-state index < -0.39 is 0 Å². The van der Waals surface area contributed by atoms with Crippen molar-refractivity contribution in [1.82, 2.24) is 19.9 Å². The SMILES string of the molecule is Cc1noc([C@@H](C)N2CCC[C@@H](C(=O)N3CCC(C)CC3)C2)n1. The monoisotopic (exact) mass is 320 g/mol. The van der Waals surface area contributed by atoms with Gasteiger partial charge >= 0.3 is 0 Å². The molecule has 1 aromatic rings. The molecule has 23 heavy (non-hydrogen) atoms. The number of piperidine rings is 2. The highest BCUT2D eigenvalue weighted by molar-refractivity contribution is 5.79. The highest BCUT2D eigenvalue weighted by Gasteiger charge is 2.33. The van der Waals surface area contributed by atoms with E-state index >= 15 is 0 Å². The maximum Gasteiger partial charge on any atom is 0.243 e. The van der Waals surface area contributed by atoms with Crippen LogP contribution in [0.25, 0.3) is 0 Å². The van der Waals surface area contributed by atoms with Crippen molar-refractivity contribution >= 4 is 5.91 Å². The minimum atomic E-state index is 0.0770. The summed E-state index contributed by atoms with van der Waals surface area (Å²) in [5.74, 6) is 2.53. The molecule has 0 unspecified atom stereocenters. The highest BCUT2D eigenvalue weighted by Crippen LogP contribution is 2.28. The Kier molecular flexibility index (Phi) is 4.99. The number of hydrogen-bond acceptors (Lipinski definition) is 5. The van der Waals surface area contributed by atoms with Crippen molar-refractivity contribution in [2.24, 2.45) is 11.8 Å². The summed E-state index contributed by atoms with van der Waals surface area (Å²) in [4.78, 5) is 21.5. The summed E-state index contributed by atoms with van der Waals surface area (Å²) in [5.41, 5.74) is 0. The molecule has 3 heterocycles. The molecule has 6 nitrogen and oxygen atoms in total. The number of amides is 1.